The summed E-state index contributed by atoms with van der Waals surface area (Å²) in [6, 6.07) is 0.728. The van der Waals surface area contributed by atoms with Crippen LogP contribution < -0.4 is 10.9 Å². The van der Waals surface area contributed by atoms with Crippen LogP contribution in [0.25, 0.3) is 0 Å². The van der Waals surface area contributed by atoms with Crippen molar-refractivity contribution in [3.63, 3.8) is 0 Å². The van der Waals surface area contributed by atoms with E-state index in [4.69, 9.17) is 0 Å². The lowest BCUT2D eigenvalue weighted by molar-refractivity contribution is 0.289. The van der Waals surface area contributed by atoms with Gasteiger partial charge in [-0.3, -0.25) is 10.9 Å². The molecule has 0 unspecified atom stereocenters. The van der Waals surface area contributed by atoms with Gasteiger partial charge in [0.2, 0.25) is 0 Å². The Morgan fingerprint density at radius 2 is 1.79 bits per heavy atom. The van der Waals surface area contributed by atoms with E-state index in [1.54, 1.807) is 0 Å². The van der Waals surface area contributed by atoms with Crippen LogP contribution >= 0.6 is 0 Å². The van der Waals surface area contributed by atoms with E-state index in [9.17, 15) is 0 Å². The van der Waals surface area contributed by atoms with Gasteiger partial charge in [-0.05, 0) is 25.9 Å². The average Bonchev–Trinajstić information content (AvgIpc) is 2.71. The highest BCUT2D eigenvalue weighted by molar-refractivity contribution is 4.71. The summed E-state index contributed by atoms with van der Waals surface area (Å²) in [7, 11) is 0. The minimum absolute atomic E-state index is 0.728. The molecule has 3 nitrogen and oxygen atoms in total. The van der Waals surface area contributed by atoms with E-state index in [0.29, 0.717) is 0 Å². The van der Waals surface area contributed by atoms with Gasteiger partial charge in [0, 0.05) is 19.1 Å². The number of hydrazine groups is 1. The largest absolute Gasteiger partial charge is 0.303 e. The van der Waals surface area contributed by atoms with Gasteiger partial charge in [-0.2, -0.15) is 0 Å². The zero-order valence-electron chi connectivity index (χ0n) is 9.68. The van der Waals surface area contributed by atoms with Gasteiger partial charge in [-0.15, -0.1) is 0 Å². The van der Waals surface area contributed by atoms with Crippen molar-refractivity contribution in [2.45, 2.75) is 45.6 Å². The Bertz CT molecular complexity index is 124. The second kappa shape index (κ2) is 7.21. The molecule has 3 heteroatoms. The molecule has 0 radical (unpaired) electrons. The summed E-state index contributed by atoms with van der Waals surface area (Å²) in [4.78, 5) is 2.43. The Balaban J connectivity index is 1.92. The molecule has 0 aromatic carbocycles. The van der Waals surface area contributed by atoms with E-state index in [0.717, 1.165) is 32.2 Å². The molecule has 0 bridgehead atoms. The fourth-order valence-electron chi connectivity index (χ4n) is 2.04. The predicted octanol–water partition coefficient (Wildman–Crippen LogP) is 1.36. The van der Waals surface area contributed by atoms with Crippen molar-refractivity contribution < 1.29 is 0 Å². The molecule has 0 atom stereocenters. The van der Waals surface area contributed by atoms with Gasteiger partial charge in [0.25, 0.3) is 0 Å². The predicted molar refractivity (Wildman–Crippen MR) is 61.2 cm³/mol. The molecule has 0 aliphatic heterocycles. The van der Waals surface area contributed by atoms with Crippen molar-refractivity contribution in [2.24, 2.45) is 0 Å². The van der Waals surface area contributed by atoms with E-state index in [1.165, 1.54) is 25.7 Å². The van der Waals surface area contributed by atoms with Crippen molar-refractivity contribution in [2.75, 3.05) is 26.2 Å². The molecule has 1 rings (SSSR count). The number of hydrogen-bond donors (Lipinski definition) is 2. The van der Waals surface area contributed by atoms with E-state index in [-0.39, 0.29) is 0 Å². The lowest BCUT2D eigenvalue weighted by atomic mass is 10.3. The van der Waals surface area contributed by atoms with Crippen molar-refractivity contribution in [1.29, 1.82) is 0 Å². The molecule has 0 spiro atoms. The standard InChI is InChI=1S/C11H25N3/c1-3-14(4-2)10-9-12-13-11-7-5-6-8-11/h11-13H,3-10H2,1-2H3. The number of nitrogens with zero attached hydrogens (tertiary/aromatic N) is 1. The molecule has 2 N–H and O–H groups in total. The van der Waals surface area contributed by atoms with Gasteiger partial charge < -0.3 is 4.90 Å². The molecule has 0 heterocycles. The van der Waals surface area contributed by atoms with Gasteiger partial charge in [0.05, 0.1) is 0 Å². The maximum Gasteiger partial charge on any atom is 0.0228 e. The van der Waals surface area contributed by atoms with Crippen LogP contribution in [0.1, 0.15) is 39.5 Å². The topological polar surface area (TPSA) is 27.3 Å². The number of likely N-dealkylation sites (N-methyl/N-ethyl adjacent to an activating group) is 1. The van der Waals surface area contributed by atoms with Crippen LogP contribution in [0.15, 0.2) is 0 Å². The lowest BCUT2D eigenvalue weighted by Crippen LogP contribution is -2.43. The van der Waals surface area contributed by atoms with Crippen molar-refractivity contribution in [3.05, 3.63) is 0 Å². The lowest BCUT2D eigenvalue weighted by Gasteiger charge is -2.19. The Labute approximate surface area is 88.2 Å². The van der Waals surface area contributed by atoms with Gasteiger partial charge in [0.15, 0.2) is 0 Å². The second-order valence-electron chi connectivity index (χ2n) is 4.08. The summed E-state index contributed by atoms with van der Waals surface area (Å²) < 4.78 is 0. The third-order valence-corrected chi connectivity index (χ3v) is 3.11. The Kier molecular flexibility index (Phi) is 6.15. The fourth-order valence-corrected chi connectivity index (χ4v) is 2.04. The first-order chi connectivity index (χ1) is 6.86. The zero-order chi connectivity index (χ0) is 10.2. The molecular formula is C11H25N3. The summed E-state index contributed by atoms with van der Waals surface area (Å²) in [6.07, 6.45) is 5.49. The third kappa shape index (κ3) is 4.40. The minimum Gasteiger partial charge on any atom is -0.303 e. The smallest absolute Gasteiger partial charge is 0.0228 e. The third-order valence-electron chi connectivity index (χ3n) is 3.11. The SMILES string of the molecule is CCN(CC)CCNNC1CCCC1. The quantitative estimate of drug-likeness (QED) is 0.479. The number of hydrogen-bond acceptors (Lipinski definition) is 3. The molecule has 0 saturated heterocycles. The van der Waals surface area contributed by atoms with E-state index < -0.39 is 0 Å². The van der Waals surface area contributed by atoms with Crippen molar-refractivity contribution in [1.82, 2.24) is 15.8 Å². The number of nitrogens with one attached hydrogen (secondary N) is 2. The molecule has 0 aromatic rings. The highest BCUT2D eigenvalue weighted by Gasteiger charge is 2.13. The zero-order valence-corrected chi connectivity index (χ0v) is 9.68. The fraction of sp³-hybridized carbons (Fsp3) is 1.00. The van der Waals surface area contributed by atoms with Crippen molar-refractivity contribution in [3.8, 4) is 0 Å². The van der Waals surface area contributed by atoms with E-state index in [2.05, 4.69) is 29.6 Å². The summed E-state index contributed by atoms with van der Waals surface area (Å²) in [5.41, 5.74) is 6.74. The summed E-state index contributed by atoms with van der Waals surface area (Å²) >= 11 is 0. The Morgan fingerprint density at radius 1 is 1.14 bits per heavy atom. The van der Waals surface area contributed by atoms with Gasteiger partial charge in [0.1, 0.15) is 0 Å². The van der Waals surface area contributed by atoms with E-state index in [1.807, 2.05) is 0 Å². The summed E-state index contributed by atoms with van der Waals surface area (Å²) in [6.45, 7) is 8.94. The molecule has 1 aliphatic carbocycles. The van der Waals surface area contributed by atoms with Crippen LogP contribution in [-0.2, 0) is 0 Å². The molecule has 0 amide bonds. The van der Waals surface area contributed by atoms with Crippen molar-refractivity contribution >= 4 is 0 Å². The maximum absolute atomic E-state index is 3.41. The van der Waals surface area contributed by atoms with E-state index >= 15 is 0 Å². The van der Waals surface area contributed by atoms with Crippen LogP contribution in [0.4, 0.5) is 0 Å². The molecule has 14 heavy (non-hydrogen) atoms. The highest BCUT2D eigenvalue weighted by atomic mass is 15.4. The minimum atomic E-state index is 0.728. The molecule has 1 saturated carbocycles. The molecule has 1 aliphatic rings. The Hall–Kier alpha value is -0.120. The first kappa shape index (κ1) is 12.0. The Morgan fingerprint density at radius 3 is 2.36 bits per heavy atom. The monoisotopic (exact) mass is 199 g/mol. The summed E-state index contributed by atoms with van der Waals surface area (Å²) in [5, 5.41) is 0. The average molecular weight is 199 g/mol. The molecule has 1 fully saturated rings. The van der Waals surface area contributed by atoms with Crippen LogP contribution in [0.5, 0.6) is 0 Å². The van der Waals surface area contributed by atoms with Gasteiger partial charge in [-0.25, -0.2) is 0 Å². The molecular weight excluding hydrogens is 174 g/mol. The number of rotatable bonds is 7. The van der Waals surface area contributed by atoms with Crippen LogP contribution in [0.2, 0.25) is 0 Å². The van der Waals surface area contributed by atoms with Gasteiger partial charge >= 0.3 is 0 Å². The molecule has 84 valence electrons. The first-order valence-electron chi connectivity index (χ1n) is 6.07. The van der Waals surface area contributed by atoms with Gasteiger partial charge in [-0.1, -0.05) is 26.7 Å². The molecule has 0 aromatic heterocycles. The first-order valence-corrected chi connectivity index (χ1v) is 6.07. The second-order valence-corrected chi connectivity index (χ2v) is 4.08. The van der Waals surface area contributed by atoms with Crippen LogP contribution in [0.3, 0.4) is 0 Å². The van der Waals surface area contributed by atoms with Crippen LogP contribution in [-0.4, -0.2) is 37.1 Å². The highest BCUT2D eigenvalue weighted by Crippen LogP contribution is 2.16. The van der Waals surface area contributed by atoms with Crippen LogP contribution in [0, 0.1) is 0 Å². The normalized spacial score (nSPS) is 18.2. The summed E-state index contributed by atoms with van der Waals surface area (Å²) in [5.74, 6) is 0. The maximum atomic E-state index is 3.41.